The number of nitrogens with one attached hydrogen (secondary N) is 1. The highest BCUT2D eigenvalue weighted by atomic mass is 32.3. The molecule has 0 amide bonds. The summed E-state index contributed by atoms with van der Waals surface area (Å²) < 4.78 is 32.0. The van der Waals surface area contributed by atoms with Crippen LogP contribution < -0.4 is 5.32 Å². The maximum absolute atomic E-state index is 10.5. The van der Waals surface area contributed by atoms with Gasteiger partial charge in [-0.25, -0.2) is 8.42 Å². The van der Waals surface area contributed by atoms with Crippen molar-refractivity contribution in [3.63, 3.8) is 0 Å². The van der Waals surface area contributed by atoms with E-state index in [1.165, 1.54) is 12.1 Å². The zero-order valence-corrected chi connectivity index (χ0v) is 14.5. The number of nitrogens with zero attached hydrogens (tertiary/aromatic N) is 2. The number of nitro benzene ring substituents is 1. The summed E-state index contributed by atoms with van der Waals surface area (Å²) in [6, 6.07) is 6.51. The van der Waals surface area contributed by atoms with E-state index < -0.39 is 10.4 Å². The van der Waals surface area contributed by atoms with Gasteiger partial charge >= 0.3 is 0 Å². The first-order valence-corrected chi connectivity index (χ1v) is 8.08. The average Bonchev–Trinajstić information content (AvgIpc) is 2.43. The topological polar surface area (TPSA) is 122 Å². The number of hydrogen-bond donors (Lipinski definition) is 1. The summed E-state index contributed by atoms with van der Waals surface area (Å²) in [5, 5.41) is 13.7. The second kappa shape index (κ2) is 9.40. The van der Waals surface area contributed by atoms with Crippen molar-refractivity contribution in [2.75, 3.05) is 46.7 Å². The van der Waals surface area contributed by atoms with E-state index in [0.29, 0.717) is 0 Å². The molecule has 0 saturated carbocycles. The number of benzene rings is 1. The van der Waals surface area contributed by atoms with E-state index in [1.54, 1.807) is 12.1 Å². The molecule has 23 heavy (non-hydrogen) atoms. The van der Waals surface area contributed by atoms with Gasteiger partial charge in [0.25, 0.3) is 5.69 Å². The van der Waals surface area contributed by atoms with Crippen LogP contribution in [0.4, 0.5) is 11.4 Å². The summed E-state index contributed by atoms with van der Waals surface area (Å²) >= 11 is 0. The first-order chi connectivity index (χ1) is 10.4. The van der Waals surface area contributed by atoms with Gasteiger partial charge < -0.3 is 14.4 Å². The van der Waals surface area contributed by atoms with Gasteiger partial charge in [-0.1, -0.05) is 0 Å². The van der Waals surface area contributed by atoms with Gasteiger partial charge in [-0.2, -0.15) is 0 Å². The lowest BCUT2D eigenvalue weighted by Crippen LogP contribution is -2.36. The van der Waals surface area contributed by atoms with Crippen LogP contribution in [0.5, 0.6) is 0 Å². The van der Waals surface area contributed by atoms with Crippen molar-refractivity contribution >= 4 is 21.8 Å². The van der Waals surface area contributed by atoms with Crippen LogP contribution in [0.1, 0.15) is 6.42 Å². The molecule has 0 fully saturated rings. The van der Waals surface area contributed by atoms with Crippen molar-refractivity contribution in [2.24, 2.45) is 0 Å². The number of hydrogen-bond acceptors (Lipinski definition) is 7. The Kier molecular flexibility index (Phi) is 8.69. The van der Waals surface area contributed by atoms with Gasteiger partial charge in [0.1, 0.15) is 0 Å². The highest BCUT2D eigenvalue weighted by molar-refractivity contribution is 7.80. The lowest BCUT2D eigenvalue weighted by molar-refractivity contribution is -0.870. The Morgan fingerprint density at radius 1 is 1.22 bits per heavy atom. The summed E-state index contributed by atoms with van der Waals surface area (Å²) in [7, 11) is 2.87. The number of non-ortho nitro benzene ring substituents is 1. The fourth-order valence-electron chi connectivity index (χ4n) is 1.49. The molecule has 1 N–H and O–H groups in total. The molecular weight excluding hydrogens is 326 g/mol. The summed E-state index contributed by atoms with van der Waals surface area (Å²) in [6.07, 6.45) is 1.07. The predicted octanol–water partition coefficient (Wildman–Crippen LogP) is 1.20. The molecule has 132 valence electrons. The first-order valence-electron chi connectivity index (χ1n) is 6.75. The molecule has 0 saturated heterocycles. The third-order valence-electron chi connectivity index (χ3n) is 2.62. The molecule has 0 aromatic heterocycles. The van der Waals surface area contributed by atoms with E-state index in [9.17, 15) is 23.1 Å². The van der Waals surface area contributed by atoms with E-state index in [-0.39, 0.29) is 10.6 Å². The van der Waals surface area contributed by atoms with Gasteiger partial charge in [0, 0.05) is 30.8 Å². The smallest absolute Gasteiger partial charge is 0.269 e. The highest BCUT2D eigenvalue weighted by Crippen LogP contribution is 2.15. The minimum atomic E-state index is -4.41. The van der Waals surface area contributed by atoms with Crippen molar-refractivity contribution in [1.29, 1.82) is 0 Å². The molecule has 0 aliphatic heterocycles. The third-order valence-corrected chi connectivity index (χ3v) is 3.03. The summed E-state index contributed by atoms with van der Waals surface area (Å²) in [4.78, 5) is 10.1. The lowest BCUT2D eigenvalue weighted by atomic mass is 10.2. The van der Waals surface area contributed by atoms with E-state index in [0.717, 1.165) is 36.8 Å². The summed E-state index contributed by atoms with van der Waals surface area (Å²) in [5.74, 6) is 0. The Balaban J connectivity index is 0.000000688. The number of rotatable bonds is 7. The molecule has 0 radical (unpaired) electrons. The van der Waals surface area contributed by atoms with Gasteiger partial charge in [0.2, 0.25) is 10.4 Å². The van der Waals surface area contributed by atoms with Crippen molar-refractivity contribution in [3.8, 4) is 0 Å². The molecule has 1 aromatic carbocycles. The van der Waals surface area contributed by atoms with Crippen LogP contribution in [0.15, 0.2) is 24.3 Å². The predicted molar refractivity (Wildman–Crippen MR) is 85.8 cm³/mol. The molecule has 0 heterocycles. The monoisotopic (exact) mass is 349 g/mol. The lowest BCUT2D eigenvalue weighted by Gasteiger charge is -2.23. The molecule has 0 spiro atoms. The maximum atomic E-state index is 10.5. The minimum Gasteiger partial charge on any atom is -0.726 e. The highest BCUT2D eigenvalue weighted by Gasteiger charge is 2.06. The molecule has 10 heteroatoms. The zero-order valence-electron chi connectivity index (χ0n) is 13.7. The van der Waals surface area contributed by atoms with E-state index in [1.807, 2.05) is 0 Å². The SMILES string of the molecule is COS(=O)(=O)[O-].C[N+](C)(C)CCCNc1ccc([N+](=O)[O-])cc1. The number of quaternary nitrogens is 1. The van der Waals surface area contributed by atoms with Crippen molar-refractivity contribution in [3.05, 3.63) is 34.4 Å². The quantitative estimate of drug-likeness (QED) is 0.196. The van der Waals surface area contributed by atoms with Crippen LogP contribution in [0, 0.1) is 10.1 Å². The first kappa shape index (κ1) is 21.2. The number of anilines is 1. The Bertz CT molecular complexity index is 581. The molecule has 0 aliphatic carbocycles. The minimum absolute atomic E-state index is 0.127. The van der Waals surface area contributed by atoms with Crippen LogP contribution in [0.3, 0.4) is 0 Å². The molecule has 0 atom stereocenters. The normalized spacial score (nSPS) is 11.3. The molecule has 0 unspecified atom stereocenters. The fourth-order valence-corrected chi connectivity index (χ4v) is 1.49. The summed E-state index contributed by atoms with van der Waals surface area (Å²) in [6.45, 7) is 1.98. The molecule has 1 rings (SSSR count). The van der Waals surface area contributed by atoms with Gasteiger partial charge in [0.05, 0.1) is 39.7 Å². The standard InChI is InChI=1S/C12H20N3O2.CH4O4S/c1-15(2,3)10-4-9-13-11-5-7-12(8-6-11)14(16)17;1-5-6(2,3)4/h5-8,13H,4,9-10H2,1-3H3;1H3,(H,2,3,4)/q+1;/p-1. The van der Waals surface area contributed by atoms with E-state index >= 15 is 0 Å². The average molecular weight is 349 g/mol. The Labute approximate surface area is 136 Å². The van der Waals surface area contributed by atoms with Crippen LogP contribution in [-0.4, -0.2) is 63.7 Å². The van der Waals surface area contributed by atoms with Crippen LogP contribution in [0.2, 0.25) is 0 Å². The van der Waals surface area contributed by atoms with Gasteiger partial charge in [-0.15, -0.1) is 0 Å². The van der Waals surface area contributed by atoms with Gasteiger partial charge in [-0.3, -0.25) is 14.3 Å². The van der Waals surface area contributed by atoms with Crippen molar-refractivity contribution in [1.82, 2.24) is 0 Å². The van der Waals surface area contributed by atoms with Gasteiger partial charge in [0.15, 0.2) is 0 Å². The second-order valence-corrected chi connectivity index (χ2v) is 6.82. The van der Waals surface area contributed by atoms with Crippen LogP contribution >= 0.6 is 0 Å². The molecule has 1 aromatic rings. The molecule has 0 bridgehead atoms. The van der Waals surface area contributed by atoms with Crippen molar-refractivity contribution in [2.45, 2.75) is 6.42 Å². The number of nitro groups is 1. The third kappa shape index (κ3) is 12.5. The Morgan fingerprint density at radius 3 is 2.04 bits per heavy atom. The van der Waals surface area contributed by atoms with Gasteiger partial charge in [-0.05, 0) is 12.1 Å². The molecular formula is C13H23N3O6S. The Morgan fingerprint density at radius 2 is 1.70 bits per heavy atom. The zero-order chi connectivity index (χ0) is 18.1. The van der Waals surface area contributed by atoms with E-state index in [4.69, 9.17) is 0 Å². The maximum Gasteiger partial charge on any atom is 0.269 e. The van der Waals surface area contributed by atoms with Crippen LogP contribution in [0.25, 0.3) is 0 Å². The summed E-state index contributed by atoms with van der Waals surface area (Å²) in [5.41, 5.74) is 1.05. The second-order valence-electron chi connectivity index (χ2n) is 5.67. The van der Waals surface area contributed by atoms with E-state index in [2.05, 4.69) is 30.6 Å². The fraction of sp³-hybridized carbons (Fsp3) is 0.538. The molecule has 9 nitrogen and oxygen atoms in total. The van der Waals surface area contributed by atoms with Crippen LogP contribution in [-0.2, 0) is 14.6 Å². The van der Waals surface area contributed by atoms with Crippen molar-refractivity contribution < 1.29 is 26.6 Å². The largest absolute Gasteiger partial charge is 0.726 e. The molecule has 0 aliphatic rings. The Hall–Kier alpha value is -1.75.